The molecule has 0 N–H and O–H groups in total. The van der Waals surface area contributed by atoms with Crippen molar-refractivity contribution in [1.29, 1.82) is 0 Å². The summed E-state index contributed by atoms with van der Waals surface area (Å²) >= 11 is 11.6. The van der Waals surface area contributed by atoms with Gasteiger partial charge in [-0.2, -0.15) is 6.17 Å². The summed E-state index contributed by atoms with van der Waals surface area (Å²) in [5, 5.41) is 2.28. The molecule has 1 fully saturated rings. The Kier molecular flexibility index (Phi) is 8.25. The van der Waals surface area contributed by atoms with Gasteiger partial charge in [0.15, 0.2) is 0 Å². The van der Waals surface area contributed by atoms with E-state index in [9.17, 15) is 8.78 Å². The minimum absolute atomic E-state index is 0.356. The topological polar surface area (TPSA) is 20.3 Å². The van der Waals surface area contributed by atoms with E-state index in [0.717, 1.165) is 49.4 Å². The average Bonchev–Trinajstić information content (AvgIpc) is 2.92. The minimum Gasteiger partial charge on any atom is -0.341 e. The quantitative estimate of drug-likeness (QED) is 0.140. The number of allylic oxidation sites excluding steroid dienone is 5. The first-order valence-corrected chi connectivity index (χ1v) is 15.3. The fraction of sp³-hybridized carbons (Fsp3) is 0.156. The maximum absolute atomic E-state index is 15.3. The second-order valence-corrected chi connectivity index (χ2v) is 13.1. The Bertz CT molecular complexity index is 1550. The first kappa shape index (κ1) is 28.0. The molecular weight excluding hydrogens is 577 g/mol. The van der Waals surface area contributed by atoms with Crippen molar-refractivity contribution in [3.05, 3.63) is 132 Å². The van der Waals surface area contributed by atoms with Crippen LogP contribution in [0, 0.1) is 13.8 Å². The first-order chi connectivity index (χ1) is 18.7. The molecule has 6 rings (SSSR count). The van der Waals surface area contributed by atoms with E-state index in [4.69, 9.17) is 26.6 Å². The van der Waals surface area contributed by atoms with Crippen LogP contribution >= 0.6 is 18.7 Å². The van der Waals surface area contributed by atoms with Crippen molar-refractivity contribution in [1.82, 2.24) is 0 Å². The molecular formula is C32H27ClF2NNiOP-2. The van der Waals surface area contributed by atoms with E-state index in [-0.39, 0.29) is 0 Å². The van der Waals surface area contributed by atoms with Crippen LogP contribution in [0.15, 0.2) is 102 Å². The van der Waals surface area contributed by atoms with Gasteiger partial charge in [-0.3, -0.25) is 0 Å². The van der Waals surface area contributed by atoms with Crippen molar-refractivity contribution in [2.24, 2.45) is 0 Å². The molecule has 204 valence electrons. The van der Waals surface area contributed by atoms with Crippen molar-refractivity contribution in [3.8, 4) is 0 Å². The van der Waals surface area contributed by atoms with Crippen LogP contribution in [-0.4, -0.2) is 29.9 Å². The van der Waals surface area contributed by atoms with Gasteiger partial charge in [0.2, 0.25) is 0 Å². The summed E-state index contributed by atoms with van der Waals surface area (Å²) in [6.45, 7) is 6.43. The number of rotatable bonds is 4. The zero-order chi connectivity index (χ0) is 27.7. The second-order valence-electron chi connectivity index (χ2n) is 9.54. The summed E-state index contributed by atoms with van der Waals surface area (Å²) in [5.41, 5.74) is 5.76. The van der Waals surface area contributed by atoms with Gasteiger partial charge in [0, 0.05) is 0 Å². The molecule has 2 aliphatic heterocycles. The number of nitrogens with zero attached hydrogens (tertiary/aromatic N) is 1. The van der Waals surface area contributed by atoms with Gasteiger partial charge in [-0.15, -0.1) is 0 Å². The molecule has 0 radical (unpaired) electrons. The smallest absolute Gasteiger partial charge is 0.153 e. The number of hydrogen-bond acceptors (Lipinski definition) is 2. The molecule has 3 aliphatic rings. The summed E-state index contributed by atoms with van der Waals surface area (Å²) in [4.78, 5) is 1.99. The molecule has 0 spiro atoms. The predicted molar refractivity (Wildman–Crippen MR) is 157 cm³/mol. The first-order valence-electron chi connectivity index (χ1n) is 12.5. The number of fused-ring (bicyclic) bond motifs is 2. The molecule has 0 amide bonds. The van der Waals surface area contributed by atoms with Crippen LogP contribution < -0.4 is 15.5 Å². The van der Waals surface area contributed by atoms with Gasteiger partial charge in [-0.05, 0) is 0 Å². The molecule has 39 heavy (non-hydrogen) atoms. The van der Waals surface area contributed by atoms with Gasteiger partial charge in [0.25, 0.3) is 0 Å². The molecule has 3 aromatic rings. The van der Waals surface area contributed by atoms with E-state index in [2.05, 4.69) is 19.9 Å². The van der Waals surface area contributed by atoms with Gasteiger partial charge in [-0.25, -0.2) is 0 Å². The van der Waals surface area contributed by atoms with Crippen LogP contribution in [0.3, 0.4) is 0 Å². The Balaban J connectivity index is 0.000000723. The SMILES string of the molecule is O=P1(c2ccccc2)C2=C[C](=[Ni])C=CC2=C(c2ccccc2CCl)c2ccc(N3CC(F)C3)cc21.[CH2-]C([CH2-])F. The third-order valence-electron chi connectivity index (χ3n) is 6.89. The Morgan fingerprint density at radius 3 is 2.33 bits per heavy atom. The third kappa shape index (κ3) is 5.30. The normalized spacial score (nSPS) is 20.2. The molecule has 7 heteroatoms. The molecule has 2 heterocycles. The van der Waals surface area contributed by atoms with Crippen molar-refractivity contribution in [2.45, 2.75) is 18.2 Å². The van der Waals surface area contributed by atoms with Gasteiger partial charge >= 0.3 is 218 Å². The van der Waals surface area contributed by atoms with E-state index < -0.39 is 19.5 Å². The van der Waals surface area contributed by atoms with Crippen LogP contribution in [0.1, 0.15) is 16.7 Å². The van der Waals surface area contributed by atoms with E-state index >= 15 is 4.57 Å². The molecule has 1 atom stereocenters. The molecule has 3 aromatic carbocycles. The maximum atomic E-state index is 15.3. The van der Waals surface area contributed by atoms with Gasteiger partial charge in [-0.1, -0.05) is 0 Å². The van der Waals surface area contributed by atoms with Crippen molar-refractivity contribution >= 4 is 45.1 Å². The Labute approximate surface area is 241 Å². The van der Waals surface area contributed by atoms with Crippen LogP contribution in [0.25, 0.3) is 5.57 Å². The minimum atomic E-state index is -3.26. The Hall–Kier alpha value is -2.58. The fourth-order valence-electron chi connectivity index (χ4n) is 5.15. The summed E-state index contributed by atoms with van der Waals surface area (Å²) < 4.78 is 40.5. The summed E-state index contributed by atoms with van der Waals surface area (Å²) in [7, 11) is -3.26. The summed E-state index contributed by atoms with van der Waals surface area (Å²) in [6.07, 6.45) is 3.83. The molecule has 0 saturated carbocycles. The van der Waals surface area contributed by atoms with Crippen molar-refractivity contribution in [3.63, 3.8) is 0 Å². The zero-order valence-corrected chi connectivity index (χ0v) is 23.7. The number of anilines is 1. The second kappa shape index (κ2) is 11.5. The molecule has 0 aromatic heterocycles. The van der Waals surface area contributed by atoms with Crippen molar-refractivity contribution in [2.75, 3.05) is 18.0 Å². The standard InChI is InChI=1S/C29H22ClFNOP.C3H5F.Ni/c30-17-20-8-4-5-11-24(20)29-25-12-6-7-13-27(25)34(33,23-9-2-1-3-10-23)28-16-22(14-15-26(28)29)32-18-21(31)19-32;1-3(2)4;/h1-6,8-16,21H,17-19H2;3H,1-2H2;/q;-2;. The van der Waals surface area contributed by atoms with Crippen molar-refractivity contribution < 1.29 is 28.4 Å². The van der Waals surface area contributed by atoms with Crippen LogP contribution in [0.4, 0.5) is 14.5 Å². The van der Waals surface area contributed by atoms with E-state index in [0.29, 0.717) is 23.5 Å². The molecule has 1 aliphatic carbocycles. The van der Waals surface area contributed by atoms with E-state index in [1.165, 1.54) is 0 Å². The zero-order valence-electron chi connectivity index (χ0n) is 21.1. The predicted octanol–water partition coefficient (Wildman–Crippen LogP) is 6.88. The summed E-state index contributed by atoms with van der Waals surface area (Å²) in [6, 6.07) is 23.8. The molecule has 0 bridgehead atoms. The molecule has 2 nitrogen and oxygen atoms in total. The average molecular weight is 605 g/mol. The summed E-state index contributed by atoms with van der Waals surface area (Å²) in [5.74, 6) is 0.367. The van der Waals surface area contributed by atoms with Gasteiger partial charge in [0.1, 0.15) is 0 Å². The monoisotopic (exact) mass is 603 g/mol. The van der Waals surface area contributed by atoms with Crippen LogP contribution in [0.2, 0.25) is 0 Å². The van der Waals surface area contributed by atoms with Gasteiger partial charge in [0.05, 0.1) is 0 Å². The fourth-order valence-corrected chi connectivity index (χ4v) is 8.80. The number of halogens is 3. The molecule has 1 unspecified atom stereocenters. The van der Waals surface area contributed by atoms with Gasteiger partial charge < -0.3 is 18.2 Å². The van der Waals surface area contributed by atoms with E-state index in [1.54, 1.807) is 0 Å². The number of alkyl halides is 3. The van der Waals surface area contributed by atoms with Crippen LogP contribution in [0.5, 0.6) is 0 Å². The Morgan fingerprint density at radius 1 is 1.00 bits per heavy atom. The Morgan fingerprint density at radius 2 is 1.67 bits per heavy atom. The van der Waals surface area contributed by atoms with Crippen LogP contribution in [-0.2, 0) is 25.5 Å². The largest absolute Gasteiger partial charge is 0.341 e. The molecule has 1 saturated heterocycles. The number of benzene rings is 3. The van der Waals surface area contributed by atoms with E-state index in [1.807, 2.05) is 89.9 Å². The third-order valence-corrected chi connectivity index (χ3v) is 10.6. The maximum Gasteiger partial charge on any atom is -0.153 e. The number of hydrogen-bond donors (Lipinski definition) is 0.